The summed E-state index contributed by atoms with van der Waals surface area (Å²) < 4.78 is 5.75. The topological polar surface area (TPSA) is 55.3 Å². The average Bonchev–Trinajstić information content (AvgIpc) is 2.57. The van der Waals surface area contributed by atoms with Crippen LogP contribution < -0.4 is 4.74 Å². The molecule has 1 fully saturated rings. The Morgan fingerprint density at radius 1 is 1.22 bits per heavy atom. The van der Waals surface area contributed by atoms with Crippen LogP contribution in [0.3, 0.4) is 0 Å². The molecule has 3 rings (SSSR count). The van der Waals surface area contributed by atoms with E-state index in [0.29, 0.717) is 28.7 Å². The Morgan fingerprint density at radius 3 is 2.70 bits per heavy atom. The van der Waals surface area contributed by atoms with Crippen LogP contribution in [0.4, 0.5) is 0 Å². The second kappa shape index (κ2) is 7.15. The highest BCUT2D eigenvalue weighted by atomic mass is 35.5. The van der Waals surface area contributed by atoms with E-state index in [1.165, 1.54) is 12.4 Å². The Hall–Kier alpha value is -1.85. The summed E-state index contributed by atoms with van der Waals surface area (Å²) in [4.78, 5) is 22.4. The third kappa shape index (κ3) is 3.92. The molecule has 0 radical (unpaired) electrons. The summed E-state index contributed by atoms with van der Waals surface area (Å²) in [5.41, 5.74) is 0.512. The zero-order valence-electron chi connectivity index (χ0n) is 12.3. The molecule has 0 bridgehead atoms. The van der Waals surface area contributed by atoms with Gasteiger partial charge in [-0.3, -0.25) is 4.79 Å². The summed E-state index contributed by atoms with van der Waals surface area (Å²) in [6, 6.07) is 7.33. The highest BCUT2D eigenvalue weighted by molar-refractivity contribution is 6.33. The largest absolute Gasteiger partial charge is 0.458 e. The quantitative estimate of drug-likeness (QED) is 0.849. The number of carbonyl (C=O) groups is 1. The van der Waals surface area contributed by atoms with E-state index in [2.05, 4.69) is 9.97 Å². The van der Waals surface area contributed by atoms with Crippen molar-refractivity contribution in [1.29, 1.82) is 0 Å². The summed E-state index contributed by atoms with van der Waals surface area (Å²) in [6.45, 7) is 1.17. The first-order valence-corrected chi connectivity index (χ1v) is 8.07. The van der Waals surface area contributed by atoms with E-state index in [-0.39, 0.29) is 18.0 Å². The molecule has 1 unspecified atom stereocenters. The molecule has 5 nitrogen and oxygen atoms in total. The fraction of sp³-hybridized carbons (Fsp3) is 0.312. The molecule has 1 aliphatic heterocycles. The highest BCUT2D eigenvalue weighted by Crippen LogP contribution is 2.21. The molecule has 0 N–H and O–H groups in total. The molecule has 1 amide bonds. The molecule has 23 heavy (non-hydrogen) atoms. The third-order valence-corrected chi connectivity index (χ3v) is 4.16. The Labute approximate surface area is 144 Å². The van der Waals surface area contributed by atoms with E-state index < -0.39 is 0 Å². The van der Waals surface area contributed by atoms with Gasteiger partial charge in [0.05, 0.1) is 34.5 Å². The first-order chi connectivity index (χ1) is 11.1. The minimum atomic E-state index is -0.142. The van der Waals surface area contributed by atoms with Crippen molar-refractivity contribution in [3.63, 3.8) is 0 Å². The Kier molecular flexibility index (Phi) is 4.98. The van der Waals surface area contributed by atoms with E-state index in [4.69, 9.17) is 27.9 Å². The number of nitrogens with zero attached hydrogens (tertiary/aromatic N) is 3. The van der Waals surface area contributed by atoms with Crippen LogP contribution in [-0.4, -0.2) is 40.0 Å². The fourth-order valence-electron chi connectivity index (χ4n) is 2.53. The van der Waals surface area contributed by atoms with Crippen LogP contribution in [-0.2, 0) is 0 Å². The average molecular weight is 352 g/mol. The summed E-state index contributed by atoms with van der Waals surface area (Å²) in [6.07, 6.45) is 4.53. The van der Waals surface area contributed by atoms with Crippen LogP contribution in [0.25, 0.3) is 0 Å². The van der Waals surface area contributed by atoms with Gasteiger partial charge in [0.1, 0.15) is 6.10 Å². The Balaban J connectivity index is 1.67. The monoisotopic (exact) mass is 351 g/mol. The number of aromatic nitrogens is 2. The van der Waals surface area contributed by atoms with Crippen molar-refractivity contribution in [2.75, 3.05) is 13.1 Å². The van der Waals surface area contributed by atoms with E-state index in [0.717, 1.165) is 12.8 Å². The normalized spacial score (nSPS) is 17.8. The van der Waals surface area contributed by atoms with Gasteiger partial charge in [0, 0.05) is 6.54 Å². The molecule has 0 saturated carbocycles. The van der Waals surface area contributed by atoms with Crippen molar-refractivity contribution in [3.05, 3.63) is 52.3 Å². The molecule has 1 aromatic heterocycles. The molecule has 0 spiro atoms. The number of amides is 1. The van der Waals surface area contributed by atoms with Gasteiger partial charge in [-0.1, -0.05) is 35.3 Å². The second-order valence-electron chi connectivity index (χ2n) is 5.30. The number of hydrogen-bond donors (Lipinski definition) is 0. The van der Waals surface area contributed by atoms with E-state index in [9.17, 15) is 4.79 Å². The van der Waals surface area contributed by atoms with Gasteiger partial charge in [-0.15, -0.1) is 0 Å². The molecular formula is C16H15Cl2N3O2. The number of piperidine rings is 1. The molecule has 0 aliphatic carbocycles. The number of benzene rings is 1. The standard InChI is InChI=1S/C16H15Cl2N3O2/c17-11-8-19-16(20-9-11)23-12-4-3-7-21(10-12)15(22)13-5-1-2-6-14(13)18/h1-2,5-6,8-9,12H,3-4,7,10H2. The van der Waals surface area contributed by atoms with Crippen LogP contribution in [0.1, 0.15) is 23.2 Å². The van der Waals surface area contributed by atoms with E-state index >= 15 is 0 Å². The molecule has 1 aromatic carbocycles. The van der Waals surface area contributed by atoms with Gasteiger partial charge in [-0.2, -0.15) is 0 Å². The van der Waals surface area contributed by atoms with Gasteiger partial charge in [0.15, 0.2) is 0 Å². The number of ether oxygens (including phenoxy) is 1. The summed E-state index contributed by atoms with van der Waals surface area (Å²) in [5, 5.41) is 0.915. The number of carbonyl (C=O) groups excluding carboxylic acids is 1. The van der Waals surface area contributed by atoms with Crippen molar-refractivity contribution in [2.45, 2.75) is 18.9 Å². The van der Waals surface area contributed by atoms with Crippen LogP contribution in [0.15, 0.2) is 36.7 Å². The molecule has 2 heterocycles. The van der Waals surface area contributed by atoms with Crippen LogP contribution in [0.2, 0.25) is 10.0 Å². The van der Waals surface area contributed by atoms with Gasteiger partial charge in [0.2, 0.25) is 0 Å². The predicted molar refractivity (Wildman–Crippen MR) is 88.0 cm³/mol. The van der Waals surface area contributed by atoms with Gasteiger partial charge < -0.3 is 9.64 Å². The van der Waals surface area contributed by atoms with Crippen molar-refractivity contribution in [3.8, 4) is 6.01 Å². The lowest BCUT2D eigenvalue weighted by atomic mass is 10.1. The van der Waals surface area contributed by atoms with Crippen LogP contribution in [0.5, 0.6) is 6.01 Å². The van der Waals surface area contributed by atoms with Gasteiger partial charge in [-0.05, 0) is 25.0 Å². The zero-order chi connectivity index (χ0) is 16.2. The molecule has 7 heteroatoms. The summed E-state index contributed by atoms with van der Waals surface area (Å²) in [7, 11) is 0. The smallest absolute Gasteiger partial charge is 0.316 e. The minimum absolute atomic E-state index is 0.0825. The van der Waals surface area contributed by atoms with Crippen molar-refractivity contribution in [2.24, 2.45) is 0 Å². The lowest BCUT2D eigenvalue weighted by molar-refractivity contribution is 0.0516. The second-order valence-corrected chi connectivity index (χ2v) is 6.14. The van der Waals surface area contributed by atoms with E-state index in [1.54, 1.807) is 29.2 Å². The van der Waals surface area contributed by atoms with Gasteiger partial charge in [0.25, 0.3) is 5.91 Å². The summed E-state index contributed by atoms with van der Waals surface area (Å²) in [5.74, 6) is -0.0825. The van der Waals surface area contributed by atoms with Crippen molar-refractivity contribution >= 4 is 29.1 Å². The number of hydrogen-bond acceptors (Lipinski definition) is 4. The predicted octanol–water partition coefficient (Wildman–Crippen LogP) is 3.47. The maximum atomic E-state index is 12.6. The maximum Gasteiger partial charge on any atom is 0.316 e. The number of halogens is 2. The lowest BCUT2D eigenvalue weighted by Gasteiger charge is -2.32. The first kappa shape index (κ1) is 16.0. The molecule has 1 atom stereocenters. The summed E-state index contributed by atoms with van der Waals surface area (Å²) >= 11 is 11.9. The molecule has 120 valence electrons. The Morgan fingerprint density at radius 2 is 1.96 bits per heavy atom. The molecule has 2 aromatic rings. The third-order valence-electron chi connectivity index (χ3n) is 3.64. The lowest BCUT2D eigenvalue weighted by Crippen LogP contribution is -2.44. The van der Waals surface area contributed by atoms with Crippen molar-refractivity contribution < 1.29 is 9.53 Å². The maximum absolute atomic E-state index is 12.6. The fourth-order valence-corrected chi connectivity index (χ4v) is 2.85. The first-order valence-electron chi connectivity index (χ1n) is 7.31. The molecule has 1 saturated heterocycles. The SMILES string of the molecule is O=C(c1ccccc1Cl)N1CCCC(Oc2ncc(Cl)cn2)C1. The van der Waals surface area contributed by atoms with E-state index in [1.807, 2.05) is 0 Å². The van der Waals surface area contributed by atoms with Crippen molar-refractivity contribution in [1.82, 2.24) is 14.9 Å². The molecule has 1 aliphatic rings. The van der Waals surface area contributed by atoms with Crippen LogP contribution >= 0.6 is 23.2 Å². The number of rotatable bonds is 3. The zero-order valence-corrected chi connectivity index (χ0v) is 13.8. The Bertz CT molecular complexity index is 694. The highest BCUT2D eigenvalue weighted by Gasteiger charge is 2.27. The molecular weight excluding hydrogens is 337 g/mol. The number of likely N-dealkylation sites (tertiary alicyclic amines) is 1. The van der Waals surface area contributed by atoms with Crippen LogP contribution in [0, 0.1) is 0 Å². The minimum Gasteiger partial charge on any atom is -0.458 e. The van der Waals surface area contributed by atoms with Gasteiger partial charge >= 0.3 is 6.01 Å². The van der Waals surface area contributed by atoms with Gasteiger partial charge in [-0.25, -0.2) is 9.97 Å².